The van der Waals surface area contributed by atoms with Crippen LogP contribution in [0.2, 0.25) is 0 Å². The van der Waals surface area contributed by atoms with Crippen molar-refractivity contribution in [1.29, 1.82) is 0 Å². The highest BCUT2D eigenvalue weighted by atomic mass is 32.2. The van der Waals surface area contributed by atoms with E-state index in [2.05, 4.69) is 36.1 Å². The van der Waals surface area contributed by atoms with E-state index in [-0.39, 0.29) is 16.8 Å². The third kappa shape index (κ3) is 5.00. The predicted octanol–water partition coefficient (Wildman–Crippen LogP) is 3.21. The minimum atomic E-state index is -3.47. The third-order valence-corrected chi connectivity index (χ3v) is 8.25. The number of carbonyl (C=O) groups is 1. The lowest BCUT2D eigenvalue weighted by Crippen LogP contribution is -2.53. The Labute approximate surface area is 185 Å². The number of hydrogen-bond donors (Lipinski definition) is 0. The highest BCUT2D eigenvalue weighted by Gasteiger charge is 2.29. The topological polar surface area (TPSA) is 60.9 Å². The summed E-state index contributed by atoms with van der Waals surface area (Å²) in [6.07, 6.45) is 2.89. The van der Waals surface area contributed by atoms with Crippen molar-refractivity contribution in [2.45, 2.75) is 43.7 Å². The fourth-order valence-corrected chi connectivity index (χ4v) is 5.96. The van der Waals surface area contributed by atoms with Crippen molar-refractivity contribution in [3.63, 3.8) is 0 Å². The summed E-state index contributed by atoms with van der Waals surface area (Å²) in [4.78, 5) is 17.6. The van der Waals surface area contributed by atoms with Crippen LogP contribution < -0.4 is 0 Å². The fraction of sp³-hybridized carbons (Fsp3) is 0.458. The van der Waals surface area contributed by atoms with Crippen LogP contribution >= 0.6 is 0 Å². The average Bonchev–Trinajstić information content (AvgIpc) is 2.81. The van der Waals surface area contributed by atoms with Gasteiger partial charge in [0.25, 0.3) is 5.91 Å². The van der Waals surface area contributed by atoms with Crippen molar-refractivity contribution in [3.05, 3.63) is 65.7 Å². The number of hydrogen-bond acceptors (Lipinski definition) is 4. The lowest BCUT2D eigenvalue weighted by Gasteiger charge is -2.40. The van der Waals surface area contributed by atoms with Gasteiger partial charge in [0.05, 0.1) is 4.90 Å². The van der Waals surface area contributed by atoms with Crippen LogP contribution in [0.25, 0.3) is 0 Å². The highest BCUT2D eigenvalue weighted by molar-refractivity contribution is 7.89. The second-order valence-corrected chi connectivity index (χ2v) is 10.5. The zero-order valence-electron chi connectivity index (χ0n) is 18.1. The van der Waals surface area contributed by atoms with Crippen molar-refractivity contribution in [3.8, 4) is 0 Å². The summed E-state index contributed by atoms with van der Waals surface area (Å²) >= 11 is 0. The quantitative estimate of drug-likeness (QED) is 0.715. The Balaban J connectivity index is 1.38. The van der Waals surface area contributed by atoms with Gasteiger partial charge in [0.15, 0.2) is 0 Å². The number of nitrogens with zero attached hydrogens (tertiary/aromatic N) is 3. The molecule has 2 aromatic rings. The van der Waals surface area contributed by atoms with Crippen molar-refractivity contribution in [2.75, 3.05) is 32.7 Å². The van der Waals surface area contributed by atoms with Crippen LogP contribution in [0.1, 0.15) is 42.1 Å². The van der Waals surface area contributed by atoms with Crippen molar-refractivity contribution < 1.29 is 13.2 Å². The molecule has 2 saturated heterocycles. The molecule has 2 aliphatic rings. The predicted molar refractivity (Wildman–Crippen MR) is 121 cm³/mol. The first-order valence-corrected chi connectivity index (χ1v) is 12.6. The van der Waals surface area contributed by atoms with E-state index in [4.69, 9.17) is 0 Å². The molecule has 7 heteroatoms. The van der Waals surface area contributed by atoms with E-state index in [0.717, 1.165) is 32.4 Å². The van der Waals surface area contributed by atoms with Crippen LogP contribution in [0.3, 0.4) is 0 Å². The lowest BCUT2D eigenvalue weighted by atomic mass is 10.1. The summed E-state index contributed by atoms with van der Waals surface area (Å²) in [6, 6.07) is 17.1. The van der Waals surface area contributed by atoms with Crippen LogP contribution in [0.4, 0.5) is 0 Å². The number of piperidine rings is 1. The van der Waals surface area contributed by atoms with E-state index < -0.39 is 10.0 Å². The molecular formula is C24H31N3O3S. The molecule has 0 aromatic heterocycles. The molecular weight excluding hydrogens is 410 g/mol. The van der Waals surface area contributed by atoms with Gasteiger partial charge in [-0.05, 0) is 49.6 Å². The summed E-state index contributed by atoms with van der Waals surface area (Å²) in [6.45, 7) is 6.35. The smallest absolute Gasteiger partial charge is 0.253 e. The molecule has 0 saturated carbocycles. The van der Waals surface area contributed by atoms with Gasteiger partial charge in [0.1, 0.15) is 0 Å². The Morgan fingerprint density at radius 1 is 0.903 bits per heavy atom. The fourth-order valence-electron chi connectivity index (χ4n) is 4.44. The summed E-state index contributed by atoms with van der Waals surface area (Å²) in [7, 11) is -3.47. The first-order valence-electron chi connectivity index (χ1n) is 11.1. The molecule has 31 heavy (non-hydrogen) atoms. The Bertz CT molecular complexity index is 986. The van der Waals surface area contributed by atoms with Gasteiger partial charge in [0, 0.05) is 50.9 Å². The number of rotatable bonds is 5. The Morgan fingerprint density at radius 2 is 1.58 bits per heavy atom. The Kier molecular flexibility index (Phi) is 6.74. The maximum Gasteiger partial charge on any atom is 0.253 e. The first-order chi connectivity index (χ1) is 14.9. The van der Waals surface area contributed by atoms with Crippen LogP contribution in [0.15, 0.2) is 59.5 Å². The van der Waals surface area contributed by atoms with E-state index in [0.29, 0.717) is 31.7 Å². The zero-order chi connectivity index (χ0) is 21.8. The molecule has 0 spiro atoms. The first kappa shape index (κ1) is 22.0. The molecule has 1 atom stereocenters. The number of amides is 1. The highest BCUT2D eigenvalue weighted by Crippen LogP contribution is 2.22. The maximum atomic E-state index is 13.0. The summed E-state index contributed by atoms with van der Waals surface area (Å²) in [5.41, 5.74) is 1.82. The summed E-state index contributed by atoms with van der Waals surface area (Å²) < 4.78 is 27.2. The minimum absolute atomic E-state index is 0.0341. The van der Waals surface area contributed by atoms with E-state index >= 15 is 0 Å². The van der Waals surface area contributed by atoms with E-state index in [1.807, 2.05) is 11.0 Å². The molecule has 2 aliphatic heterocycles. The van der Waals surface area contributed by atoms with E-state index in [9.17, 15) is 13.2 Å². The molecule has 6 nitrogen and oxygen atoms in total. The lowest BCUT2D eigenvalue weighted by molar-refractivity contribution is 0.0495. The van der Waals surface area contributed by atoms with E-state index in [1.165, 1.54) is 5.56 Å². The van der Waals surface area contributed by atoms with Gasteiger partial charge >= 0.3 is 0 Å². The van der Waals surface area contributed by atoms with Gasteiger partial charge in [-0.1, -0.05) is 36.8 Å². The minimum Gasteiger partial charge on any atom is -0.336 e. The third-order valence-electron chi connectivity index (χ3n) is 6.33. The molecule has 1 unspecified atom stereocenters. The largest absolute Gasteiger partial charge is 0.336 e. The van der Waals surface area contributed by atoms with Crippen LogP contribution in [-0.2, 0) is 16.6 Å². The molecule has 2 fully saturated rings. The monoisotopic (exact) mass is 441 g/mol. The SMILES string of the molecule is CC1CN(C(=O)c2ccc(S(=O)(=O)N3CCCCC3)cc2)CCN1Cc1ccccc1. The van der Waals surface area contributed by atoms with Gasteiger partial charge in [0.2, 0.25) is 10.0 Å². The van der Waals surface area contributed by atoms with Gasteiger partial charge in [-0.2, -0.15) is 4.31 Å². The molecule has 4 rings (SSSR count). The molecule has 0 aliphatic carbocycles. The average molecular weight is 442 g/mol. The standard InChI is InChI=1S/C24H31N3O3S/c1-20-18-26(17-16-25(20)19-21-8-4-2-5-9-21)24(28)22-10-12-23(13-11-22)31(29,30)27-14-6-3-7-15-27/h2,4-5,8-13,20H,3,6-7,14-19H2,1H3. The van der Waals surface area contributed by atoms with Gasteiger partial charge in [-0.25, -0.2) is 8.42 Å². The molecule has 0 N–H and O–H groups in total. The summed E-state index contributed by atoms with van der Waals surface area (Å²) in [5, 5.41) is 0. The van der Waals surface area contributed by atoms with E-state index in [1.54, 1.807) is 28.6 Å². The van der Waals surface area contributed by atoms with Crippen LogP contribution in [0, 0.1) is 0 Å². The normalized spacial score (nSPS) is 21.2. The number of benzene rings is 2. The van der Waals surface area contributed by atoms with Crippen molar-refractivity contribution in [1.82, 2.24) is 14.1 Å². The van der Waals surface area contributed by atoms with Gasteiger partial charge < -0.3 is 4.90 Å². The second kappa shape index (κ2) is 9.51. The molecule has 0 bridgehead atoms. The maximum absolute atomic E-state index is 13.0. The van der Waals surface area contributed by atoms with Crippen molar-refractivity contribution >= 4 is 15.9 Å². The van der Waals surface area contributed by atoms with Gasteiger partial charge in [-0.15, -0.1) is 0 Å². The number of carbonyl (C=O) groups excluding carboxylic acids is 1. The zero-order valence-corrected chi connectivity index (χ0v) is 18.9. The van der Waals surface area contributed by atoms with Crippen molar-refractivity contribution in [2.24, 2.45) is 0 Å². The summed E-state index contributed by atoms with van der Waals surface area (Å²) in [5.74, 6) is -0.0341. The van der Waals surface area contributed by atoms with Gasteiger partial charge in [-0.3, -0.25) is 9.69 Å². The molecule has 0 radical (unpaired) electrons. The Morgan fingerprint density at radius 3 is 2.23 bits per heavy atom. The Hall–Kier alpha value is -2.22. The second-order valence-electron chi connectivity index (χ2n) is 8.55. The number of piperazine rings is 1. The van der Waals surface area contributed by atoms with Crippen LogP contribution in [-0.4, -0.2) is 67.2 Å². The number of sulfonamides is 1. The molecule has 2 heterocycles. The molecule has 166 valence electrons. The van der Waals surface area contributed by atoms with Crippen LogP contribution in [0.5, 0.6) is 0 Å². The molecule has 2 aromatic carbocycles. The molecule has 1 amide bonds.